The quantitative estimate of drug-likeness (QED) is 0.693. The molecular formula is C18H15FN2O2. The molecule has 0 bridgehead atoms. The zero-order valence-electron chi connectivity index (χ0n) is 12.6. The van der Waals surface area contributed by atoms with Gasteiger partial charge in [-0.25, -0.2) is 9.18 Å². The summed E-state index contributed by atoms with van der Waals surface area (Å²) < 4.78 is 19.5. The molecule has 0 unspecified atom stereocenters. The Hall–Kier alpha value is -2.95. The highest BCUT2D eigenvalue weighted by Gasteiger charge is 2.16. The lowest BCUT2D eigenvalue weighted by atomic mass is 10.1. The molecular weight excluding hydrogens is 295 g/mol. The summed E-state index contributed by atoms with van der Waals surface area (Å²) in [4.78, 5) is 11.8. The van der Waals surface area contributed by atoms with Crippen molar-refractivity contribution in [2.75, 3.05) is 7.11 Å². The summed E-state index contributed by atoms with van der Waals surface area (Å²) in [6.45, 7) is 0.432. The third-order valence-corrected chi connectivity index (χ3v) is 3.49. The van der Waals surface area contributed by atoms with Gasteiger partial charge < -0.3 is 4.74 Å². The third kappa shape index (κ3) is 3.29. The highest BCUT2D eigenvalue weighted by atomic mass is 19.1. The average Bonchev–Trinajstić information content (AvgIpc) is 3.01. The Balaban J connectivity index is 2.01. The maximum atomic E-state index is 13.0. The lowest BCUT2D eigenvalue weighted by Crippen LogP contribution is -2.07. The lowest BCUT2D eigenvalue weighted by molar-refractivity contribution is 0.0593. The number of carbonyl (C=O) groups is 1. The van der Waals surface area contributed by atoms with Crippen LogP contribution in [-0.2, 0) is 11.3 Å². The standard InChI is InChI=1S/C18H15FN2O2/c1-23-18(22)16-11-17(14-5-3-2-4-6-14)21(20-16)12-13-7-9-15(19)10-8-13/h2-11H,12H2,1H3. The summed E-state index contributed by atoms with van der Waals surface area (Å²) in [5, 5.41) is 4.32. The number of ether oxygens (including phenoxy) is 1. The maximum Gasteiger partial charge on any atom is 0.358 e. The highest BCUT2D eigenvalue weighted by molar-refractivity contribution is 5.88. The fraction of sp³-hybridized carbons (Fsp3) is 0.111. The number of hydrogen-bond acceptors (Lipinski definition) is 3. The van der Waals surface area contributed by atoms with Crippen LogP contribution in [0.25, 0.3) is 11.3 Å². The minimum atomic E-state index is -0.486. The van der Waals surface area contributed by atoms with Gasteiger partial charge in [0.05, 0.1) is 19.3 Å². The van der Waals surface area contributed by atoms with Gasteiger partial charge in [0.2, 0.25) is 0 Å². The first-order valence-corrected chi connectivity index (χ1v) is 7.13. The second kappa shape index (κ2) is 6.44. The molecule has 0 saturated carbocycles. The van der Waals surface area contributed by atoms with E-state index >= 15 is 0 Å². The number of nitrogens with zero attached hydrogens (tertiary/aromatic N) is 2. The Bertz CT molecular complexity index is 811. The molecule has 116 valence electrons. The van der Waals surface area contributed by atoms with E-state index in [-0.39, 0.29) is 11.5 Å². The van der Waals surface area contributed by atoms with E-state index in [1.807, 2.05) is 30.3 Å². The largest absolute Gasteiger partial charge is 0.464 e. The Labute approximate surface area is 133 Å². The van der Waals surface area contributed by atoms with Crippen molar-refractivity contribution >= 4 is 5.97 Å². The van der Waals surface area contributed by atoms with Gasteiger partial charge in [0.15, 0.2) is 5.69 Å². The third-order valence-electron chi connectivity index (χ3n) is 3.49. The van der Waals surface area contributed by atoms with Crippen molar-refractivity contribution in [2.24, 2.45) is 0 Å². The van der Waals surface area contributed by atoms with E-state index in [0.717, 1.165) is 16.8 Å². The van der Waals surface area contributed by atoms with Crippen LogP contribution in [0.1, 0.15) is 16.1 Å². The van der Waals surface area contributed by atoms with Crippen LogP contribution in [0.2, 0.25) is 0 Å². The first-order valence-electron chi connectivity index (χ1n) is 7.13. The molecule has 5 heteroatoms. The van der Waals surface area contributed by atoms with E-state index in [9.17, 15) is 9.18 Å². The van der Waals surface area contributed by atoms with Crippen LogP contribution >= 0.6 is 0 Å². The minimum Gasteiger partial charge on any atom is -0.464 e. The Morgan fingerprint density at radius 2 is 1.83 bits per heavy atom. The monoisotopic (exact) mass is 310 g/mol. The molecule has 0 aliphatic carbocycles. The first kappa shape index (κ1) is 15.0. The molecule has 23 heavy (non-hydrogen) atoms. The topological polar surface area (TPSA) is 44.1 Å². The van der Waals surface area contributed by atoms with Gasteiger partial charge in [0, 0.05) is 0 Å². The van der Waals surface area contributed by atoms with Gasteiger partial charge in [-0.3, -0.25) is 4.68 Å². The molecule has 0 amide bonds. The van der Waals surface area contributed by atoms with Crippen LogP contribution in [0.15, 0.2) is 60.7 Å². The van der Waals surface area contributed by atoms with Gasteiger partial charge in [0.25, 0.3) is 0 Å². The van der Waals surface area contributed by atoms with Crippen LogP contribution in [0, 0.1) is 5.82 Å². The molecule has 4 nitrogen and oxygen atoms in total. The van der Waals surface area contributed by atoms with E-state index in [2.05, 4.69) is 5.10 Å². The summed E-state index contributed by atoms with van der Waals surface area (Å²) in [6.07, 6.45) is 0. The summed E-state index contributed by atoms with van der Waals surface area (Å²) in [5.41, 5.74) is 2.88. The second-order valence-corrected chi connectivity index (χ2v) is 5.06. The summed E-state index contributed by atoms with van der Waals surface area (Å²) >= 11 is 0. The molecule has 0 radical (unpaired) electrons. The van der Waals surface area contributed by atoms with Gasteiger partial charge in [-0.1, -0.05) is 42.5 Å². The molecule has 1 heterocycles. The molecule has 0 N–H and O–H groups in total. The molecule has 3 rings (SSSR count). The number of halogens is 1. The van der Waals surface area contributed by atoms with E-state index in [1.165, 1.54) is 19.2 Å². The fourth-order valence-corrected chi connectivity index (χ4v) is 2.35. The van der Waals surface area contributed by atoms with E-state index in [1.54, 1.807) is 22.9 Å². The van der Waals surface area contributed by atoms with Crippen molar-refractivity contribution in [3.05, 3.63) is 77.7 Å². The number of esters is 1. The fourth-order valence-electron chi connectivity index (χ4n) is 2.35. The predicted molar refractivity (Wildman–Crippen MR) is 84.5 cm³/mol. The van der Waals surface area contributed by atoms with Crippen molar-refractivity contribution in [1.82, 2.24) is 9.78 Å². The van der Waals surface area contributed by atoms with Crippen LogP contribution in [0.4, 0.5) is 4.39 Å². The maximum absolute atomic E-state index is 13.0. The Morgan fingerprint density at radius 1 is 1.13 bits per heavy atom. The van der Waals surface area contributed by atoms with Crippen molar-refractivity contribution in [2.45, 2.75) is 6.54 Å². The summed E-state index contributed by atoms with van der Waals surface area (Å²) in [6, 6.07) is 17.6. The van der Waals surface area contributed by atoms with Crippen LogP contribution in [0.5, 0.6) is 0 Å². The number of methoxy groups -OCH3 is 1. The van der Waals surface area contributed by atoms with Gasteiger partial charge in [-0.15, -0.1) is 0 Å². The van der Waals surface area contributed by atoms with Gasteiger partial charge in [-0.2, -0.15) is 5.10 Å². The van der Waals surface area contributed by atoms with Crippen molar-refractivity contribution in [3.63, 3.8) is 0 Å². The van der Waals surface area contributed by atoms with Crippen molar-refractivity contribution in [1.29, 1.82) is 0 Å². The van der Waals surface area contributed by atoms with Crippen LogP contribution in [0.3, 0.4) is 0 Å². The molecule has 0 spiro atoms. The molecule has 0 aliphatic heterocycles. The molecule has 2 aromatic carbocycles. The molecule has 1 aromatic heterocycles. The number of aromatic nitrogens is 2. The number of hydrogen-bond donors (Lipinski definition) is 0. The number of carbonyl (C=O) groups excluding carboxylic acids is 1. The zero-order chi connectivity index (χ0) is 16.2. The molecule has 0 atom stereocenters. The molecule has 0 saturated heterocycles. The highest BCUT2D eigenvalue weighted by Crippen LogP contribution is 2.22. The predicted octanol–water partition coefficient (Wildman–Crippen LogP) is 3.52. The van der Waals surface area contributed by atoms with Gasteiger partial charge in [-0.05, 0) is 29.3 Å². The molecule has 3 aromatic rings. The first-order chi connectivity index (χ1) is 11.2. The molecule has 0 aliphatic rings. The van der Waals surface area contributed by atoms with Crippen LogP contribution < -0.4 is 0 Å². The summed E-state index contributed by atoms with van der Waals surface area (Å²) in [7, 11) is 1.32. The minimum absolute atomic E-state index is 0.244. The zero-order valence-corrected chi connectivity index (χ0v) is 12.6. The van der Waals surface area contributed by atoms with Crippen molar-refractivity contribution in [3.8, 4) is 11.3 Å². The van der Waals surface area contributed by atoms with Crippen LogP contribution in [-0.4, -0.2) is 22.9 Å². The smallest absolute Gasteiger partial charge is 0.358 e. The number of rotatable bonds is 4. The number of benzene rings is 2. The SMILES string of the molecule is COC(=O)c1cc(-c2ccccc2)n(Cc2ccc(F)cc2)n1. The van der Waals surface area contributed by atoms with Crippen molar-refractivity contribution < 1.29 is 13.9 Å². The Kier molecular flexibility index (Phi) is 4.19. The lowest BCUT2D eigenvalue weighted by Gasteiger charge is -2.07. The van der Waals surface area contributed by atoms with Gasteiger partial charge in [0.1, 0.15) is 5.82 Å². The second-order valence-electron chi connectivity index (χ2n) is 5.06. The summed E-state index contributed by atoms with van der Waals surface area (Å²) in [5.74, 6) is -0.771. The van der Waals surface area contributed by atoms with E-state index in [0.29, 0.717) is 6.54 Å². The van der Waals surface area contributed by atoms with E-state index in [4.69, 9.17) is 4.74 Å². The van der Waals surface area contributed by atoms with E-state index < -0.39 is 5.97 Å². The molecule has 0 fully saturated rings. The van der Waals surface area contributed by atoms with Gasteiger partial charge >= 0.3 is 5.97 Å². The average molecular weight is 310 g/mol. The normalized spacial score (nSPS) is 10.5. The Morgan fingerprint density at radius 3 is 2.48 bits per heavy atom.